The summed E-state index contributed by atoms with van der Waals surface area (Å²) in [5, 5.41) is 22.1. The van der Waals surface area contributed by atoms with Gasteiger partial charge in [0.25, 0.3) is 0 Å². The minimum Gasteiger partial charge on any atom is -0.391 e. The molecule has 4 rings (SSSR count). The zero-order valence-electron chi connectivity index (χ0n) is 21.1. The summed E-state index contributed by atoms with van der Waals surface area (Å²) in [4.78, 5) is 28.8. The van der Waals surface area contributed by atoms with Gasteiger partial charge in [-0.25, -0.2) is 4.68 Å². The third kappa shape index (κ3) is 5.02. The summed E-state index contributed by atoms with van der Waals surface area (Å²) in [6.07, 6.45) is 3.53. The molecule has 0 bridgehead atoms. The van der Waals surface area contributed by atoms with Crippen molar-refractivity contribution in [3.8, 4) is 0 Å². The van der Waals surface area contributed by atoms with Crippen LogP contribution in [-0.4, -0.2) is 55.5 Å². The number of hydrogen-bond donors (Lipinski definition) is 2. The second-order valence-corrected chi connectivity index (χ2v) is 11.5. The van der Waals surface area contributed by atoms with E-state index in [1.807, 2.05) is 72.0 Å². The first-order valence-electron chi connectivity index (χ1n) is 12.2. The van der Waals surface area contributed by atoms with Crippen molar-refractivity contribution < 1.29 is 14.7 Å². The lowest BCUT2D eigenvalue weighted by molar-refractivity contribution is -0.144. The Balaban J connectivity index is 1.57. The average molecular weight is 468 g/mol. The largest absolute Gasteiger partial charge is 0.391 e. The number of hydrogen-bond acceptors (Lipinski definition) is 5. The highest BCUT2D eigenvalue weighted by molar-refractivity contribution is 5.90. The molecule has 8 heteroatoms. The molecule has 2 heterocycles. The van der Waals surface area contributed by atoms with Crippen molar-refractivity contribution in [3.05, 3.63) is 47.3 Å². The molecule has 2 aliphatic rings. The van der Waals surface area contributed by atoms with Gasteiger partial charge in [-0.05, 0) is 44.6 Å². The standard InChI is InChI=1S/C26H37N5O3/c1-16-8-7-9-18(12-16)26(5,6)27-23(33)21-13-19(32)14-30(21)24(34)22(25(2,3)4)31-15-20(28-29-31)17-10-11-17/h7-9,12,15,17,19,21-22,32H,10-11,13-14H2,1-6H3,(H,27,33). The molecule has 1 aromatic heterocycles. The highest BCUT2D eigenvalue weighted by Gasteiger charge is 2.46. The molecule has 184 valence electrons. The summed E-state index contributed by atoms with van der Waals surface area (Å²) in [7, 11) is 0. The topological polar surface area (TPSA) is 100 Å². The molecule has 1 saturated heterocycles. The van der Waals surface area contributed by atoms with Crippen molar-refractivity contribution in [2.75, 3.05) is 6.54 Å². The summed E-state index contributed by atoms with van der Waals surface area (Å²) in [6.45, 7) is 12.0. The molecule has 34 heavy (non-hydrogen) atoms. The quantitative estimate of drug-likeness (QED) is 0.680. The second-order valence-electron chi connectivity index (χ2n) is 11.5. The van der Waals surface area contributed by atoms with Crippen molar-refractivity contribution in [1.82, 2.24) is 25.2 Å². The number of likely N-dealkylation sites (tertiary alicyclic amines) is 1. The van der Waals surface area contributed by atoms with E-state index in [1.165, 1.54) is 4.90 Å². The minimum absolute atomic E-state index is 0.124. The molecule has 2 amide bonds. The van der Waals surface area contributed by atoms with Crippen molar-refractivity contribution in [1.29, 1.82) is 0 Å². The predicted molar refractivity (Wildman–Crippen MR) is 129 cm³/mol. The van der Waals surface area contributed by atoms with Crippen LogP contribution in [0.5, 0.6) is 0 Å². The molecule has 1 aliphatic carbocycles. The number of nitrogens with zero attached hydrogens (tertiary/aromatic N) is 4. The van der Waals surface area contributed by atoms with Crippen molar-refractivity contribution in [3.63, 3.8) is 0 Å². The molecule has 3 atom stereocenters. The lowest BCUT2D eigenvalue weighted by Gasteiger charge is -2.36. The van der Waals surface area contributed by atoms with Crippen molar-refractivity contribution in [2.45, 2.75) is 90.4 Å². The first kappa shape index (κ1) is 24.4. The molecule has 3 unspecified atom stereocenters. The number of aliphatic hydroxyl groups excluding tert-OH is 1. The molecule has 2 N–H and O–H groups in total. The number of aliphatic hydroxyl groups is 1. The molecule has 2 aromatic rings. The Hall–Kier alpha value is -2.74. The minimum atomic E-state index is -0.750. The fraction of sp³-hybridized carbons (Fsp3) is 0.615. The first-order chi connectivity index (χ1) is 15.9. The van der Waals surface area contributed by atoms with E-state index >= 15 is 0 Å². The Morgan fingerprint density at radius 1 is 1.18 bits per heavy atom. The van der Waals surface area contributed by atoms with E-state index in [4.69, 9.17) is 0 Å². The summed E-state index contributed by atoms with van der Waals surface area (Å²) >= 11 is 0. The number of β-amino-alcohol motifs (C(OH)–C–C–N with tert-alkyl or cyclic N) is 1. The third-order valence-corrected chi connectivity index (χ3v) is 6.88. The van der Waals surface area contributed by atoms with E-state index in [-0.39, 0.29) is 24.8 Å². The van der Waals surface area contributed by atoms with Gasteiger partial charge < -0.3 is 15.3 Å². The van der Waals surface area contributed by atoms with Gasteiger partial charge in [0, 0.05) is 25.1 Å². The van der Waals surface area contributed by atoms with Gasteiger partial charge in [-0.1, -0.05) is 55.8 Å². The molecule has 8 nitrogen and oxygen atoms in total. The third-order valence-electron chi connectivity index (χ3n) is 6.88. The highest BCUT2D eigenvalue weighted by atomic mass is 16.3. The van der Waals surface area contributed by atoms with Gasteiger partial charge in [0.05, 0.1) is 17.3 Å². The SMILES string of the molecule is Cc1cccc(C(C)(C)NC(=O)C2CC(O)CN2C(=O)C(n2cc(C3CC3)nn2)C(C)(C)C)c1. The van der Waals surface area contributed by atoms with Gasteiger partial charge in [0.15, 0.2) is 0 Å². The lowest BCUT2D eigenvalue weighted by atomic mass is 9.85. The number of carbonyl (C=O) groups excluding carboxylic acids is 2. The molecule has 1 aromatic carbocycles. The van der Waals surface area contributed by atoms with Crippen LogP contribution in [0.4, 0.5) is 0 Å². The number of amides is 2. The van der Waals surface area contributed by atoms with E-state index < -0.39 is 29.1 Å². The van der Waals surface area contributed by atoms with Gasteiger partial charge in [-0.15, -0.1) is 5.10 Å². The molecular formula is C26H37N5O3. The van der Waals surface area contributed by atoms with E-state index in [0.29, 0.717) is 5.92 Å². The summed E-state index contributed by atoms with van der Waals surface area (Å²) in [6, 6.07) is 6.64. The van der Waals surface area contributed by atoms with Gasteiger partial charge in [-0.3, -0.25) is 9.59 Å². The fourth-order valence-electron chi connectivity index (χ4n) is 4.82. The van der Waals surface area contributed by atoms with Crippen LogP contribution >= 0.6 is 0 Å². The van der Waals surface area contributed by atoms with Crippen LogP contribution in [0.3, 0.4) is 0 Å². The first-order valence-corrected chi connectivity index (χ1v) is 12.2. The Bertz CT molecular complexity index is 1070. The maximum Gasteiger partial charge on any atom is 0.248 e. The van der Waals surface area contributed by atoms with Crippen LogP contribution in [0.1, 0.15) is 82.7 Å². The van der Waals surface area contributed by atoms with Crippen molar-refractivity contribution >= 4 is 11.8 Å². The monoisotopic (exact) mass is 467 g/mol. The van der Waals surface area contributed by atoms with E-state index in [2.05, 4.69) is 15.6 Å². The number of aryl methyl sites for hydroxylation is 1. The zero-order chi connectivity index (χ0) is 24.8. The number of nitrogens with one attached hydrogen (secondary N) is 1. The van der Waals surface area contributed by atoms with E-state index in [0.717, 1.165) is 29.7 Å². The molecule has 2 fully saturated rings. The fourth-order valence-corrected chi connectivity index (χ4v) is 4.82. The summed E-state index contributed by atoms with van der Waals surface area (Å²) in [5.74, 6) is -0.0495. The average Bonchev–Trinajstić information content (AvgIpc) is 3.34. The van der Waals surface area contributed by atoms with Crippen LogP contribution in [0, 0.1) is 12.3 Å². The molecule has 1 saturated carbocycles. The normalized spacial score (nSPS) is 22.0. The van der Waals surface area contributed by atoms with Gasteiger partial charge in [-0.2, -0.15) is 0 Å². The number of rotatable bonds is 6. The molecule has 1 aliphatic heterocycles. The van der Waals surface area contributed by atoms with Crippen LogP contribution in [0.2, 0.25) is 0 Å². The molecule has 0 radical (unpaired) electrons. The molecular weight excluding hydrogens is 430 g/mol. The van der Waals surface area contributed by atoms with E-state index in [9.17, 15) is 14.7 Å². The van der Waals surface area contributed by atoms with Crippen LogP contribution in [-0.2, 0) is 15.1 Å². The second kappa shape index (κ2) is 8.80. The Kier molecular flexibility index (Phi) is 6.31. The van der Waals surface area contributed by atoms with Gasteiger partial charge in [0.2, 0.25) is 11.8 Å². The number of benzene rings is 1. The van der Waals surface area contributed by atoms with Crippen LogP contribution in [0.15, 0.2) is 30.5 Å². The maximum absolute atomic E-state index is 13.9. The van der Waals surface area contributed by atoms with Crippen LogP contribution in [0.25, 0.3) is 0 Å². The van der Waals surface area contributed by atoms with Gasteiger partial charge in [0.1, 0.15) is 12.1 Å². The Labute approximate surface area is 201 Å². The number of carbonyl (C=O) groups is 2. The predicted octanol–water partition coefficient (Wildman–Crippen LogP) is 3.06. The maximum atomic E-state index is 13.9. The van der Waals surface area contributed by atoms with Crippen molar-refractivity contribution in [2.24, 2.45) is 5.41 Å². The summed E-state index contributed by atoms with van der Waals surface area (Å²) < 4.78 is 1.65. The van der Waals surface area contributed by atoms with E-state index in [1.54, 1.807) is 4.68 Å². The Morgan fingerprint density at radius 2 is 1.88 bits per heavy atom. The zero-order valence-corrected chi connectivity index (χ0v) is 21.1. The highest BCUT2D eigenvalue weighted by Crippen LogP contribution is 2.40. The Morgan fingerprint density at radius 3 is 2.50 bits per heavy atom. The smallest absolute Gasteiger partial charge is 0.248 e. The lowest BCUT2D eigenvalue weighted by Crippen LogP contribution is -2.53. The molecule has 0 spiro atoms. The number of aromatic nitrogens is 3. The summed E-state index contributed by atoms with van der Waals surface area (Å²) in [5.41, 5.74) is 1.93. The van der Waals surface area contributed by atoms with Gasteiger partial charge >= 0.3 is 0 Å². The van der Waals surface area contributed by atoms with Crippen LogP contribution < -0.4 is 5.32 Å².